The number of fused-ring (bicyclic) bond motifs is 1. The van der Waals surface area contributed by atoms with Crippen LogP contribution in [0.5, 0.6) is 0 Å². The van der Waals surface area contributed by atoms with E-state index in [1.165, 1.54) is 12.0 Å². The molecule has 0 spiro atoms. The van der Waals surface area contributed by atoms with Gasteiger partial charge in [0.05, 0.1) is 0 Å². The van der Waals surface area contributed by atoms with E-state index < -0.39 is 0 Å². The van der Waals surface area contributed by atoms with E-state index in [9.17, 15) is 4.79 Å². The lowest BCUT2D eigenvalue weighted by Crippen LogP contribution is -2.12. The average Bonchev–Trinajstić information content (AvgIpc) is 2.17. The zero-order valence-electron chi connectivity index (χ0n) is 7.76. The fourth-order valence-corrected chi connectivity index (χ4v) is 1.68. The maximum absolute atomic E-state index is 11.1. The maximum Gasteiger partial charge on any atom is 0.159 e. The fourth-order valence-electron chi connectivity index (χ4n) is 1.68. The summed E-state index contributed by atoms with van der Waals surface area (Å²) in [7, 11) is 0. The molecule has 1 aromatic rings. The lowest BCUT2D eigenvalue weighted by Gasteiger charge is -2.18. The van der Waals surface area contributed by atoms with Crippen LogP contribution in [0.3, 0.4) is 0 Å². The van der Waals surface area contributed by atoms with Crippen molar-refractivity contribution >= 4 is 11.5 Å². The number of hydrogen-bond acceptors (Lipinski definition) is 2. The van der Waals surface area contributed by atoms with Crippen LogP contribution in [-0.4, -0.2) is 12.3 Å². The Hall–Kier alpha value is -1.31. The fraction of sp³-hybridized carbons (Fsp3) is 0.364. The molecular weight excluding hydrogens is 162 g/mol. The molecule has 0 unspecified atom stereocenters. The van der Waals surface area contributed by atoms with Crippen LogP contribution in [0.2, 0.25) is 0 Å². The first kappa shape index (κ1) is 8.30. The van der Waals surface area contributed by atoms with Gasteiger partial charge in [-0.3, -0.25) is 4.79 Å². The van der Waals surface area contributed by atoms with Gasteiger partial charge in [0.1, 0.15) is 0 Å². The summed E-state index contributed by atoms with van der Waals surface area (Å²) in [5.41, 5.74) is 3.27. The van der Waals surface area contributed by atoms with Gasteiger partial charge in [-0.25, -0.2) is 0 Å². The highest BCUT2D eigenvalue weighted by Gasteiger charge is 2.09. The molecule has 2 nitrogen and oxygen atoms in total. The normalized spacial score (nSPS) is 14.5. The van der Waals surface area contributed by atoms with E-state index in [4.69, 9.17) is 0 Å². The standard InChI is InChI=1S/C11H13NO/c1-8(13)10-5-4-9-3-2-6-12-11(9)7-10/h4-5,7,12H,2-3,6H2,1H3. The van der Waals surface area contributed by atoms with Crippen LogP contribution in [0.15, 0.2) is 18.2 Å². The maximum atomic E-state index is 11.1. The Kier molecular flexibility index (Phi) is 2.05. The first-order valence-corrected chi connectivity index (χ1v) is 4.65. The molecule has 13 heavy (non-hydrogen) atoms. The Labute approximate surface area is 78.0 Å². The molecule has 2 rings (SSSR count). The molecule has 0 saturated carbocycles. The summed E-state index contributed by atoms with van der Waals surface area (Å²) in [6, 6.07) is 5.92. The van der Waals surface area contributed by atoms with Gasteiger partial charge in [0, 0.05) is 17.8 Å². The van der Waals surface area contributed by atoms with E-state index in [2.05, 4.69) is 11.4 Å². The van der Waals surface area contributed by atoms with Crippen molar-refractivity contribution in [2.24, 2.45) is 0 Å². The molecule has 1 aliphatic heterocycles. The van der Waals surface area contributed by atoms with Crippen molar-refractivity contribution in [1.29, 1.82) is 0 Å². The minimum absolute atomic E-state index is 0.134. The molecule has 0 saturated heterocycles. The quantitative estimate of drug-likeness (QED) is 0.663. The SMILES string of the molecule is CC(=O)c1ccc2c(c1)NCCC2. The van der Waals surface area contributed by atoms with Gasteiger partial charge in [-0.15, -0.1) is 0 Å². The van der Waals surface area contributed by atoms with Crippen LogP contribution in [0.1, 0.15) is 29.3 Å². The third-order valence-corrected chi connectivity index (χ3v) is 2.45. The van der Waals surface area contributed by atoms with Gasteiger partial charge >= 0.3 is 0 Å². The molecule has 1 N–H and O–H groups in total. The number of carbonyl (C=O) groups is 1. The van der Waals surface area contributed by atoms with E-state index in [1.54, 1.807) is 6.92 Å². The highest BCUT2D eigenvalue weighted by atomic mass is 16.1. The number of aryl methyl sites for hydroxylation is 1. The minimum atomic E-state index is 0.134. The highest BCUT2D eigenvalue weighted by Crippen LogP contribution is 2.22. The predicted molar refractivity (Wildman–Crippen MR) is 53.3 cm³/mol. The molecular formula is C11H13NO. The van der Waals surface area contributed by atoms with E-state index in [1.807, 2.05) is 12.1 Å². The molecule has 0 aromatic heterocycles. The van der Waals surface area contributed by atoms with Gasteiger partial charge in [-0.05, 0) is 31.4 Å². The van der Waals surface area contributed by atoms with Crippen molar-refractivity contribution in [2.75, 3.05) is 11.9 Å². The average molecular weight is 175 g/mol. The van der Waals surface area contributed by atoms with Gasteiger partial charge in [0.2, 0.25) is 0 Å². The summed E-state index contributed by atoms with van der Waals surface area (Å²) in [5, 5.41) is 3.31. The van der Waals surface area contributed by atoms with Gasteiger partial charge in [0.15, 0.2) is 5.78 Å². The molecule has 68 valence electrons. The second kappa shape index (κ2) is 3.21. The Balaban J connectivity index is 2.40. The first-order chi connectivity index (χ1) is 6.27. The molecule has 0 aliphatic carbocycles. The summed E-state index contributed by atoms with van der Waals surface area (Å²) in [4.78, 5) is 11.1. The molecule has 1 aromatic carbocycles. The number of rotatable bonds is 1. The number of ketones is 1. The van der Waals surface area contributed by atoms with E-state index in [-0.39, 0.29) is 5.78 Å². The number of nitrogens with one attached hydrogen (secondary N) is 1. The molecule has 0 atom stereocenters. The molecule has 1 aliphatic rings. The second-order valence-electron chi connectivity index (χ2n) is 3.46. The molecule has 0 fully saturated rings. The summed E-state index contributed by atoms with van der Waals surface area (Å²) in [6.07, 6.45) is 2.31. The van der Waals surface area contributed by atoms with Crippen LogP contribution < -0.4 is 5.32 Å². The Bertz CT molecular complexity index is 344. The molecule has 2 heteroatoms. The number of hydrogen-bond donors (Lipinski definition) is 1. The van der Waals surface area contributed by atoms with E-state index in [0.29, 0.717) is 0 Å². The van der Waals surface area contributed by atoms with Crippen molar-refractivity contribution in [3.05, 3.63) is 29.3 Å². The summed E-state index contributed by atoms with van der Waals surface area (Å²) in [6.45, 7) is 2.62. The Morgan fingerprint density at radius 3 is 3.08 bits per heavy atom. The van der Waals surface area contributed by atoms with Crippen molar-refractivity contribution in [3.63, 3.8) is 0 Å². The van der Waals surface area contributed by atoms with Crippen molar-refractivity contribution in [2.45, 2.75) is 19.8 Å². The topological polar surface area (TPSA) is 29.1 Å². The van der Waals surface area contributed by atoms with E-state index in [0.717, 1.165) is 24.2 Å². The molecule has 0 amide bonds. The third kappa shape index (κ3) is 1.57. The zero-order valence-corrected chi connectivity index (χ0v) is 7.76. The third-order valence-electron chi connectivity index (χ3n) is 2.45. The van der Waals surface area contributed by atoms with Crippen molar-refractivity contribution < 1.29 is 4.79 Å². The van der Waals surface area contributed by atoms with E-state index >= 15 is 0 Å². The summed E-state index contributed by atoms with van der Waals surface area (Å²) < 4.78 is 0. The molecule has 1 heterocycles. The van der Waals surface area contributed by atoms with Gasteiger partial charge < -0.3 is 5.32 Å². The van der Waals surface area contributed by atoms with Crippen LogP contribution >= 0.6 is 0 Å². The minimum Gasteiger partial charge on any atom is -0.385 e. The van der Waals surface area contributed by atoms with Gasteiger partial charge in [0.25, 0.3) is 0 Å². The molecule has 0 radical (unpaired) electrons. The second-order valence-corrected chi connectivity index (χ2v) is 3.46. The number of benzene rings is 1. The van der Waals surface area contributed by atoms with Crippen LogP contribution in [-0.2, 0) is 6.42 Å². The summed E-state index contributed by atoms with van der Waals surface area (Å²) >= 11 is 0. The number of Topliss-reactive ketones (excluding diaryl/α,β-unsaturated/α-hetero) is 1. The smallest absolute Gasteiger partial charge is 0.159 e. The van der Waals surface area contributed by atoms with Gasteiger partial charge in [-0.1, -0.05) is 12.1 Å². The zero-order chi connectivity index (χ0) is 9.26. The van der Waals surface area contributed by atoms with Crippen LogP contribution in [0, 0.1) is 0 Å². The van der Waals surface area contributed by atoms with Crippen LogP contribution in [0.25, 0.3) is 0 Å². The number of carbonyl (C=O) groups excluding carboxylic acids is 1. The largest absolute Gasteiger partial charge is 0.385 e. The van der Waals surface area contributed by atoms with Gasteiger partial charge in [-0.2, -0.15) is 0 Å². The number of anilines is 1. The highest BCUT2D eigenvalue weighted by molar-refractivity contribution is 5.95. The van der Waals surface area contributed by atoms with Crippen LogP contribution in [0.4, 0.5) is 5.69 Å². The molecule has 0 bridgehead atoms. The van der Waals surface area contributed by atoms with Crippen molar-refractivity contribution in [3.8, 4) is 0 Å². The predicted octanol–water partition coefficient (Wildman–Crippen LogP) is 2.25. The lowest BCUT2D eigenvalue weighted by atomic mass is 10.0. The Morgan fingerprint density at radius 1 is 1.46 bits per heavy atom. The first-order valence-electron chi connectivity index (χ1n) is 4.65. The summed E-state index contributed by atoms with van der Waals surface area (Å²) in [5.74, 6) is 0.134. The Morgan fingerprint density at radius 2 is 2.31 bits per heavy atom. The monoisotopic (exact) mass is 175 g/mol. The van der Waals surface area contributed by atoms with Crippen molar-refractivity contribution in [1.82, 2.24) is 0 Å². The lowest BCUT2D eigenvalue weighted by molar-refractivity contribution is 0.101.